The summed E-state index contributed by atoms with van der Waals surface area (Å²) in [6, 6.07) is 7.55. The van der Waals surface area contributed by atoms with Gasteiger partial charge in [0.1, 0.15) is 10.9 Å². The first-order valence-corrected chi connectivity index (χ1v) is 8.46. The van der Waals surface area contributed by atoms with Crippen LogP contribution in [0, 0.1) is 5.92 Å². The van der Waals surface area contributed by atoms with Gasteiger partial charge in [0.25, 0.3) is 0 Å². The fourth-order valence-electron chi connectivity index (χ4n) is 3.23. The van der Waals surface area contributed by atoms with E-state index in [4.69, 9.17) is 16.3 Å². The first-order valence-electron chi connectivity index (χ1n) is 8.08. The minimum absolute atomic E-state index is 0.0680. The van der Waals surface area contributed by atoms with Gasteiger partial charge in [-0.3, -0.25) is 4.79 Å². The molecular formula is C18H18ClN3O2. The summed E-state index contributed by atoms with van der Waals surface area (Å²) in [5, 5.41) is 7.50. The minimum atomic E-state index is -0.162. The molecule has 4 rings (SSSR count). The second-order valence-electron chi connectivity index (χ2n) is 6.38. The van der Waals surface area contributed by atoms with Crippen LogP contribution in [0.15, 0.2) is 29.4 Å². The molecule has 1 fully saturated rings. The lowest BCUT2D eigenvalue weighted by Crippen LogP contribution is -2.24. The Bertz CT molecular complexity index is 861. The van der Waals surface area contributed by atoms with Gasteiger partial charge in [0.2, 0.25) is 5.91 Å². The van der Waals surface area contributed by atoms with Crippen LogP contribution in [0.5, 0.6) is 5.75 Å². The van der Waals surface area contributed by atoms with Crippen molar-refractivity contribution in [1.29, 1.82) is 0 Å². The van der Waals surface area contributed by atoms with Gasteiger partial charge in [0, 0.05) is 36.1 Å². The van der Waals surface area contributed by atoms with Crippen LogP contribution in [0.25, 0.3) is 10.9 Å². The Morgan fingerprint density at radius 3 is 2.79 bits per heavy atom. The van der Waals surface area contributed by atoms with Crippen LogP contribution >= 0.6 is 11.6 Å². The summed E-state index contributed by atoms with van der Waals surface area (Å²) < 4.78 is 5.23. The van der Waals surface area contributed by atoms with Crippen LogP contribution in [0.1, 0.15) is 37.8 Å². The second kappa shape index (κ2) is 5.74. The number of halogens is 1. The Labute approximate surface area is 145 Å². The number of benzene rings is 1. The zero-order valence-electron chi connectivity index (χ0n) is 13.6. The number of hydrazone groups is 1. The normalized spacial score (nSPS) is 20.4. The molecule has 1 aromatic heterocycles. The number of methoxy groups -OCH3 is 1. The molecule has 1 amide bonds. The number of ether oxygens (including phenoxy) is 1. The minimum Gasteiger partial charge on any atom is -0.497 e. The molecule has 2 aliphatic rings. The number of pyridine rings is 1. The Balaban J connectivity index is 1.75. The van der Waals surface area contributed by atoms with Gasteiger partial charge in [-0.2, -0.15) is 5.10 Å². The number of aromatic nitrogens is 1. The molecule has 1 aromatic carbocycles. The van der Waals surface area contributed by atoms with Crippen molar-refractivity contribution in [2.24, 2.45) is 11.0 Å². The standard InChI is InChI=1S/C18H18ClN3O2/c1-10(23)22-17(9-16(21-22)11-3-4-11)14-7-12-5-6-13(24-2)8-15(12)20-18(14)19/h5-8,11,17H,3-4,9H2,1-2H3/t17-/m0/s1. The van der Waals surface area contributed by atoms with Gasteiger partial charge in [0.15, 0.2) is 0 Å². The highest BCUT2D eigenvalue weighted by atomic mass is 35.5. The third-order valence-corrected chi connectivity index (χ3v) is 4.97. The van der Waals surface area contributed by atoms with E-state index in [1.165, 1.54) is 12.8 Å². The number of amides is 1. The van der Waals surface area contributed by atoms with E-state index in [1.54, 1.807) is 19.0 Å². The second-order valence-corrected chi connectivity index (χ2v) is 6.73. The van der Waals surface area contributed by atoms with Gasteiger partial charge >= 0.3 is 0 Å². The first kappa shape index (κ1) is 15.4. The van der Waals surface area contributed by atoms with Crippen LogP contribution < -0.4 is 4.74 Å². The summed E-state index contributed by atoms with van der Waals surface area (Å²) in [5.74, 6) is 1.21. The molecular weight excluding hydrogens is 326 g/mol. The maximum absolute atomic E-state index is 12.0. The molecule has 1 saturated carbocycles. The summed E-state index contributed by atoms with van der Waals surface area (Å²) in [5.41, 5.74) is 2.74. The van der Waals surface area contributed by atoms with E-state index in [0.29, 0.717) is 11.1 Å². The summed E-state index contributed by atoms with van der Waals surface area (Å²) >= 11 is 6.45. The SMILES string of the molecule is COc1ccc2cc([C@@H]3CC(C4CC4)=NN3C(C)=O)c(Cl)nc2c1. The molecule has 0 spiro atoms. The molecule has 1 aliphatic carbocycles. The molecule has 1 aliphatic heterocycles. The topological polar surface area (TPSA) is 54.8 Å². The molecule has 2 aromatic rings. The highest BCUT2D eigenvalue weighted by Gasteiger charge is 2.39. The molecule has 5 nitrogen and oxygen atoms in total. The van der Waals surface area contributed by atoms with E-state index in [1.807, 2.05) is 24.3 Å². The van der Waals surface area contributed by atoms with Crippen molar-refractivity contribution in [3.05, 3.63) is 35.0 Å². The van der Waals surface area contributed by atoms with Crippen molar-refractivity contribution in [2.75, 3.05) is 7.11 Å². The average Bonchev–Trinajstić information content (AvgIpc) is 3.32. The van der Waals surface area contributed by atoms with Gasteiger partial charge < -0.3 is 4.74 Å². The van der Waals surface area contributed by atoms with Crippen molar-refractivity contribution < 1.29 is 9.53 Å². The van der Waals surface area contributed by atoms with E-state index >= 15 is 0 Å². The molecule has 1 atom stereocenters. The first-order chi connectivity index (χ1) is 11.6. The highest BCUT2D eigenvalue weighted by Crippen LogP contribution is 2.42. The molecule has 2 heterocycles. The van der Waals surface area contributed by atoms with E-state index in [0.717, 1.165) is 34.3 Å². The van der Waals surface area contributed by atoms with Crippen LogP contribution in [-0.4, -0.2) is 28.7 Å². The van der Waals surface area contributed by atoms with Crippen LogP contribution in [-0.2, 0) is 4.79 Å². The monoisotopic (exact) mass is 343 g/mol. The third kappa shape index (κ3) is 2.63. The molecule has 0 N–H and O–H groups in total. The summed E-state index contributed by atoms with van der Waals surface area (Å²) in [6.07, 6.45) is 3.08. The number of nitrogens with zero attached hydrogens (tertiary/aromatic N) is 3. The lowest BCUT2D eigenvalue weighted by molar-refractivity contribution is -0.130. The Kier molecular flexibility index (Phi) is 3.68. The molecule has 124 valence electrons. The average molecular weight is 344 g/mol. The lowest BCUT2D eigenvalue weighted by atomic mass is 10.00. The van der Waals surface area contributed by atoms with Crippen molar-refractivity contribution in [2.45, 2.75) is 32.2 Å². The van der Waals surface area contributed by atoms with Gasteiger partial charge in [0.05, 0.1) is 18.7 Å². The smallest absolute Gasteiger partial charge is 0.240 e. The quantitative estimate of drug-likeness (QED) is 0.793. The molecule has 0 unspecified atom stereocenters. The zero-order valence-corrected chi connectivity index (χ0v) is 14.4. The fraction of sp³-hybridized carbons (Fsp3) is 0.389. The van der Waals surface area contributed by atoms with E-state index in [-0.39, 0.29) is 11.9 Å². The van der Waals surface area contributed by atoms with Crippen LogP contribution in [0.3, 0.4) is 0 Å². The Morgan fingerprint density at radius 1 is 1.33 bits per heavy atom. The largest absolute Gasteiger partial charge is 0.497 e. The van der Waals surface area contributed by atoms with Crippen molar-refractivity contribution >= 4 is 34.1 Å². The lowest BCUT2D eigenvalue weighted by Gasteiger charge is -2.21. The van der Waals surface area contributed by atoms with Gasteiger partial charge in [-0.1, -0.05) is 11.6 Å². The van der Waals surface area contributed by atoms with E-state index in [9.17, 15) is 4.79 Å². The van der Waals surface area contributed by atoms with Crippen molar-refractivity contribution in [3.8, 4) is 5.75 Å². The Hall–Kier alpha value is -2.14. The predicted octanol–water partition coefficient (Wildman–Crippen LogP) is 3.96. The molecule has 6 heteroatoms. The predicted molar refractivity (Wildman–Crippen MR) is 93.3 cm³/mol. The summed E-state index contributed by atoms with van der Waals surface area (Å²) in [7, 11) is 1.62. The number of hydrogen-bond acceptors (Lipinski definition) is 4. The third-order valence-electron chi connectivity index (χ3n) is 4.67. The number of hydrogen-bond donors (Lipinski definition) is 0. The maximum atomic E-state index is 12.0. The van der Waals surface area contributed by atoms with E-state index in [2.05, 4.69) is 10.1 Å². The maximum Gasteiger partial charge on any atom is 0.240 e. The number of carbonyl (C=O) groups excluding carboxylic acids is 1. The Morgan fingerprint density at radius 2 is 2.12 bits per heavy atom. The van der Waals surface area contributed by atoms with Gasteiger partial charge in [-0.15, -0.1) is 0 Å². The fourth-order valence-corrected chi connectivity index (χ4v) is 3.50. The highest BCUT2D eigenvalue weighted by molar-refractivity contribution is 6.30. The summed E-state index contributed by atoms with van der Waals surface area (Å²) in [6.45, 7) is 1.54. The van der Waals surface area contributed by atoms with Gasteiger partial charge in [-0.25, -0.2) is 9.99 Å². The summed E-state index contributed by atoms with van der Waals surface area (Å²) in [4.78, 5) is 16.5. The van der Waals surface area contributed by atoms with E-state index < -0.39 is 0 Å². The molecule has 0 radical (unpaired) electrons. The van der Waals surface area contributed by atoms with Crippen molar-refractivity contribution in [3.63, 3.8) is 0 Å². The number of fused-ring (bicyclic) bond motifs is 1. The van der Waals surface area contributed by atoms with Crippen molar-refractivity contribution in [1.82, 2.24) is 9.99 Å². The van der Waals surface area contributed by atoms with Crippen LogP contribution in [0.2, 0.25) is 5.15 Å². The van der Waals surface area contributed by atoms with Gasteiger partial charge in [-0.05, 0) is 37.0 Å². The zero-order chi connectivity index (χ0) is 16.8. The molecule has 0 saturated heterocycles. The number of rotatable bonds is 3. The molecule has 24 heavy (non-hydrogen) atoms. The van der Waals surface area contributed by atoms with Crippen LogP contribution in [0.4, 0.5) is 0 Å². The molecule has 0 bridgehead atoms. The number of carbonyl (C=O) groups is 1.